The molecule has 0 aromatic heterocycles. The quantitative estimate of drug-likeness (QED) is 0.786. The minimum Gasteiger partial charge on any atom is -0.329 e. The molecule has 0 amide bonds. The van der Waals surface area contributed by atoms with Crippen LogP contribution in [0.5, 0.6) is 0 Å². The van der Waals surface area contributed by atoms with Gasteiger partial charge in [0.2, 0.25) is 10.0 Å². The molecule has 1 atom stereocenters. The summed E-state index contributed by atoms with van der Waals surface area (Å²) in [7, 11) is -4.16. The van der Waals surface area contributed by atoms with Gasteiger partial charge in [0.15, 0.2) is 17.5 Å². The fraction of sp³-hybridized carbons (Fsp3) is 0.500. The van der Waals surface area contributed by atoms with E-state index in [9.17, 15) is 21.6 Å². The van der Waals surface area contributed by atoms with Gasteiger partial charge in [0.05, 0.1) is 4.90 Å². The van der Waals surface area contributed by atoms with Crippen molar-refractivity contribution in [3.05, 3.63) is 29.6 Å². The lowest BCUT2D eigenvalue weighted by Crippen LogP contribution is -2.41. The van der Waals surface area contributed by atoms with Gasteiger partial charge in [-0.25, -0.2) is 26.3 Å². The largest absolute Gasteiger partial charge is 0.329 e. The second-order valence-electron chi connectivity index (χ2n) is 4.88. The van der Waals surface area contributed by atoms with Crippen molar-refractivity contribution in [2.24, 2.45) is 11.7 Å². The Kier molecular flexibility index (Phi) is 5.55. The van der Waals surface area contributed by atoms with Crippen LogP contribution in [0.1, 0.15) is 20.3 Å². The molecule has 0 spiro atoms. The van der Waals surface area contributed by atoms with Gasteiger partial charge in [-0.2, -0.15) is 0 Å². The van der Waals surface area contributed by atoms with E-state index < -0.39 is 38.4 Å². The van der Waals surface area contributed by atoms with Crippen molar-refractivity contribution in [3.63, 3.8) is 0 Å². The number of hydrogen-bond donors (Lipinski definition) is 2. The summed E-state index contributed by atoms with van der Waals surface area (Å²) in [5, 5.41) is 0. The molecule has 0 saturated heterocycles. The third-order valence-corrected chi connectivity index (χ3v) is 4.13. The summed E-state index contributed by atoms with van der Waals surface area (Å²) in [4.78, 5) is -0.670. The Hall–Kier alpha value is -1.12. The SMILES string of the molecule is CC(C)CC(CN)NS(=O)(=O)c1cc(F)c(F)c(F)c1. The number of rotatable bonds is 6. The molecule has 8 heteroatoms. The average molecular weight is 310 g/mol. The van der Waals surface area contributed by atoms with Crippen LogP contribution in [-0.2, 0) is 10.0 Å². The molecule has 1 rings (SSSR count). The molecule has 4 nitrogen and oxygen atoms in total. The molecule has 0 aliphatic carbocycles. The predicted molar refractivity (Wildman–Crippen MR) is 68.9 cm³/mol. The maximum Gasteiger partial charge on any atom is 0.241 e. The van der Waals surface area contributed by atoms with Crippen LogP contribution in [0.15, 0.2) is 17.0 Å². The zero-order valence-electron chi connectivity index (χ0n) is 11.2. The van der Waals surface area contributed by atoms with Crippen molar-refractivity contribution >= 4 is 10.0 Å². The van der Waals surface area contributed by atoms with E-state index in [2.05, 4.69) is 4.72 Å². The van der Waals surface area contributed by atoms with E-state index in [1.165, 1.54) is 0 Å². The van der Waals surface area contributed by atoms with Crippen LogP contribution in [0.4, 0.5) is 13.2 Å². The summed E-state index contributed by atoms with van der Waals surface area (Å²) in [6.07, 6.45) is 0.474. The average Bonchev–Trinajstić information content (AvgIpc) is 2.33. The maximum atomic E-state index is 13.1. The van der Waals surface area contributed by atoms with E-state index >= 15 is 0 Å². The number of sulfonamides is 1. The molecule has 114 valence electrons. The van der Waals surface area contributed by atoms with Crippen molar-refractivity contribution in [3.8, 4) is 0 Å². The zero-order valence-corrected chi connectivity index (χ0v) is 12.0. The second kappa shape index (κ2) is 6.55. The summed E-state index contributed by atoms with van der Waals surface area (Å²) in [5.74, 6) is -4.63. The van der Waals surface area contributed by atoms with Crippen molar-refractivity contribution < 1.29 is 21.6 Å². The van der Waals surface area contributed by atoms with Crippen LogP contribution < -0.4 is 10.5 Å². The Morgan fingerprint density at radius 2 is 1.70 bits per heavy atom. The highest BCUT2D eigenvalue weighted by Crippen LogP contribution is 2.18. The summed E-state index contributed by atoms with van der Waals surface area (Å²) in [6.45, 7) is 3.81. The number of hydrogen-bond acceptors (Lipinski definition) is 3. The van der Waals surface area contributed by atoms with Gasteiger partial charge in [0.25, 0.3) is 0 Å². The van der Waals surface area contributed by atoms with E-state index in [0.29, 0.717) is 18.6 Å². The fourth-order valence-corrected chi connectivity index (χ4v) is 3.02. The molecule has 1 aromatic rings. The minimum atomic E-state index is -4.16. The Labute approximate surface area is 116 Å². The number of benzene rings is 1. The first-order valence-corrected chi connectivity index (χ1v) is 7.52. The summed E-state index contributed by atoms with van der Waals surface area (Å²) in [5.41, 5.74) is 5.46. The molecular formula is C12H17F3N2O2S. The van der Waals surface area contributed by atoms with Crippen molar-refractivity contribution in [1.82, 2.24) is 4.72 Å². The summed E-state index contributed by atoms with van der Waals surface area (Å²) < 4.78 is 65.2. The van der Waals surface area contributed by atoms with E-state index in [-0.39, 0.29) is 12.5 Å². The van der Waals surface area contributed by atoms with Gasteiger partial charge in [-0.3, -0.25) is 0 Å². The Morgan fingerprint density at radius 1 is 1.20 bits per heavy atom. The zero-order chi connectivity index (χ0) is 15.5. The third kappa shape index (κ3) is 4.19. The fourth-order valence-electron chi connectivity index (χ4n) is 1.74. The standard InChI is InChI=1S/C12H17F3N2O2S/c1-7(2)3-8(6-16)17-20(18,19)9-4-10(13)12(15)11(14)5-9/h4-5,7-8,17H,3,6,16H2,1-2H3. The molecule has 1 aromatic carbocycles. The van der Waals surface area contributed by atoms with Crippen LogP contribution >= 0.6 is 0 Å². The van der Waals surface area contributed by atoms with Crippen LogP contribution in [0.3, 0.4) is 0 Å². The molecule has 3 N–H and O–H groups in total. The number of nitrogens with two attached hydrogens (primary N) is 1. The second-order valence-corrected chi connectivity index (χ2v) is 6.60. The monoisotopic (exact) mass is 310 g/mol. The van der Waals surface area contributed by atoms with E-state index in [1.807, 2.05) is 13.8 Å². The molecule has 0 aliphatic heterocycles. The smallest absolute Gasteiger partial charge is 0.241 e. The molecule has 0 heterocycles. The molecular weight excluding hydrogens is 293 g/mol. The van der Waals surface area contributed by atoms with Gasteiger partial charge in [-0.05, 0) is 24.5 Å². The molecule has 20 heavy (non-hydrogen) atoms. The number of halogens is 3. The molecule has 1 unspecified atom stereocenters. The van der Waals surface area contributed by atoms with E-state index in [0.717, 1.165) is 0 Å². The van der Waals surface area contributed by atoms with Crippen LogP contribution in [-0.4, -0.2) is 21.0 Å². The molecule has 0 saturated carbocycles. The first-order valence-electron chi connectivity index (χ1n) is 6.04. The van der Waals surface area contributed by atoms with Crippen molar-refractivity contribution in [2.75, 3.05) is 6.54 Å². The topological polar surface area (TPSA) is 72.2 Å². The highest BCUT2D eigenvalue weighted by Gasteiger charge is 2.23. The van der Waals surface area contributed by atoms with Gasteiger partial charge >= 0.3 is 0 Å². The third-order valence-electron chi connectivity index (χ3n) is 2.63. The minimum absolute atomic E-state index is 0.0452. The van der Waals surface area contributed by atoms with Gasteiger partial charge in [0, 0.05) is 12.6 Å². The lowest BCUT2D eigenvalue weighted by molar-refractivity contribution is 0.440. The van der Waals surface area contributed by atoms with Crippen molar-refractivity contribution in [1.29, 1.82) is 0 Å². The van der Waals surface area contributed by atoms with Gasteiger partial charge < -0.3 is 5.73 Å². The lowest BCUT2D eigenvalue weighted by atomic mass is 10.1. The Bertz CT molecular complexity index is 553. The summed E-state index contributed by atoms with van der Waals surface area (Å²) in [6, 6.07) is 0.309. The number of nitrogens with one attached hydrogen (secondary N) is 1. The Balaban J connectivity index is 3.05. The van der Waals surface area contributed by atoms with Crippen molar-refractivity contribution in [2.45, 2.75) is 31.2 Å². The van der Waals surface area contributed by atoms with E-state index in [1.54, 1.807) is 0 Å². The summed E-state index contributed by atoms with van der Waals surface area (Å²) >= 11 is 0. The predicted octanol–water partition coefficient (Wildman–Crippen LogP) is 1.76. The first kappa shape index (κ1) is 16.9. The van der Waals surface area contributed by atoms with E-state index in [4.69, 9.17) is 5.73 Å². The van der Waals surface area contributed by atoms with Crippen LogP contribution in [0.2, 0.25) is 0 Å². The highest BCUT2D eigenvalue weighted by atomic mass is 32.2. The van der Waals surface area contributed by atoms with Gasteiger partial charge in [0.1, 0.15) is 0 Å². The molecule has 0 fully saturated rings. The maximum absolute atomic E-state index is 13.1. The van der Waals surface area contributed by atoms with Gasteiger partial charge in [-0.15, -0.1) is 0 Å². The molecule has 0 radical (unpaired) electrons. The normalized spacial score (nSPS) is 13.8. The van der Waals surface area contributed by atoms with Crippen LogP contribution in [0.25, 0.3) is 0 Å². The van der Waals surface area contributed by atoms with Crippen LogP contribution in [0, 0.1) is 23.4 Å². The Morgan fingerprint density at radius 3 is 2.10 bits per heavy atom. The highest BCUT2D eigenvalue weighted by molar-refractivity contribution is 7.89. The first-order chi connectivity index (χ1) is 9.17. The molecule has 0 bridgehead atoms. The lowest BCUT2D eigenvalue weighted by Gasteiger charge is -2.18. The molecule has 0 aliphatic rings. The van der Waals surface area contributed by atoms with Gasteiger partial charge in [-0.1, -0.05) is 13.8 Å².